The molecule has 1 amide bonds. The van der Waals surface area contributed by atoms with E-state index in [0.717, 1.165) is 5.56 Å². The molecule has 1 atom stereocenters. The Labute approximate surface area is 135 Å². The molecule has 0 aliphatic rings. The van der Waals surface area contributed by atoms with E-state index in [4.69, 9.17) is 9.47 Å². The van der Waals surface area contributed by atoms with Crippen molar-refractivity contribution in [2.24, 2.45) is 0 Å². The fraction of sp³-hybridized carbons (Fsp3) is 0.353. The molecule has 4 nitrogen and oxygen atoms in total. The summed E-state index contributed by atoms with van der Waals surface area (Å²) in [6.07, 6.45) is 1.12. The number of carbonyl (C=O) groups is 1. The number of aryl methyl sites for hydroxylation is 1. The number of ether oxygens (including phenoxy) is 2. The van der Waals surface area contributed by atoms with Gasteiger partial charge in [-0.15, -0.1) is 11.3 Å². The summed E-state index contributed by atoms with van der Waals surface area (Å²) in [5.74, 6) is 1.44. The van der Waals surface area contributed by atoms with Gasteiger partial charge in [-0.05, 0) is 42.5 Å². The molecule has 1 heterocycles. The number of rotatable bonds is 7. The first-order valence-electron chi connectivity index (χ1n) is 7.17. The van der Waals surface area contributed by atoms with Crippen LogP contribution in [0.5, 0.6) is 11.5 Å². The van der Waals surface area contributed by atoms with Crippen LogP contribution in [-0.4, -0.2) is 20.1 Å². The van der Waals surface area contributed by atoms with Crippen LogP contribution in [0.3, 0.4) is 0 Å². The van der Waals surface area contributed by atoms with Crippen LogP contribution in [0.25, 0.3) is 0 Å². The Morgan fingerprint density at radius 2 is 2.00 bits per heavy atom. The van der Waals surface area contributed by atoms with Crippen molar-refractivity contribution in [3.05, 3.63) is 46.2 Å². The van der Waals surface area contributed by atoms with Crippen LogP contribution in [0.15, 0.2) is 35.7 Å². The zero-order valence-electron chi connectivity index (χ0n) is 13.1. The average molecular weight is 319 g/mol. The highest BCUT2D eigenvalue weighted by Crippen LogP contribution is 2.28. The van der Waals surface area contributed by atoms with Crippen molar-refractivity contribution in [1.29, 1.82) is 0 Å². The molecule has 0 aliphatic heterocycles. The first-order valence-corrected chi connectivity index (χ1v) is 8.05. The Bertz CT molecular complexity index is 610. The molecular weight excluding hydrogens is 298 g/mol. The van der Waals surface area contributed by atoms with E-state index >= 15 is 0 Å². The SMILES string of the molecule is COc1ccc(CCC(=O)NC(C)c2cccs2)cc1OC. The molecule has 1 aromatic heterocycles. The van der Waals surface area contributed by atoms with Gasteiger partial charge in [0.1, 0.15) is 0 Å². The number of nitrogens with one attached hydrogen (secondary N) is 1. The van der Waals surface area contributed by atoms with E-state index in [-0.39, 0.29) is 11.9 Å². The van der Waals surface area contributed by atoms with Gasteiger partial charge >= 0.3 is 0 Å². The smallest absolute Gasteiger partial charge is 0.220 e. The molecule has 2 aromatic rings. The summed E-state index contributed by atoms with van der Waals surface area (Å²) in [6, 6.07) is 9.81. The van der Waals surface area contributed by atoms with Crippen molar-refractivity contribution in [2.45, 2.75) is 25.8 Å². The summed E-state index contributed by atoms with van der Waals surface area (Å²) >= 11 is 1.65. The van der Waals surface area contributed by atoms with E-state index < -0.39 is 0 Å². The van der Waals surface area contributed by atoms with Gasteiger partial charge in [-0.2, -0.15) is 0 Å². The minimum absolute atomic E-state index is 0.0516. The molecule has 5 heteroatoms. The molecule has 0 spiro atoms. The molecule has 1 unspecified atom stereocenters. The Morgan fingerprint density at radius 3 is 2.64 bits per heavy atom. The topological polar surface area (TPSA) is 47.6 Å². The van der Waals surface area contributed by atoms with Crippen molar-refractivity contribution in [3.63, 3.8) is 0 Å². The summed E-state index contributed by atoms with van der Waals surface area (Å²) in [7, 11) is 3.22. The predicted octanol–water partition coefficient (Wildman–Crippen LogP) is 3.58. The first kappa shape index (κ1) is 16.4. The normalized spacial score (nSPS) is 11.8. The number of methoxy groups -OCH3 is 2. The lowest BCUT2D eigenvalue weighted by molar-refractivity contribution is -0.121. The van der Waals surface area contributed by atoms with Gasteiger partial charge in [0.05, 0.1) is 20.3 Å². The monoisotopic (exact) mass is 319 g/mol. The number of hydrogen-bond acceptors (Lipinski definition) is 4. The Hall–Kier alpha value is -2.01. The largest absolute Gasteiger partial charge is 0.493 e. The second kappa shape index (κ2) is 7.84. The fourth-order valence-electron chi connectivity index (χ4n) is 2.22. The van der Waals surface area contributed by atoms with Gasteiger partial charge < -0.3 is 14.8 Å². The summed E-state index contributed by atoms with van der Waals surface area (Å²) in [5, 5.41) is 5.03. The molecule has 0 radical (unpaired) electrons. The summed E-state index contributed by atoms with van der Waals surface area (Å²) in [4.78, 5) is 13.2. The molecule has 0 fully saturated rings. The van der Waals surface area contributed by atoms with Crippen LogP contribution in [0.4, 0.5) is 0 Å². The van der Waals surface area contributed by atoms with Gasteiger partial charge in [-0.3, -0.25) is 4.79 Å². The first-order chi connectivity index (χ1) is 10.6. The molecule has 22 heavy (non-hydrogen) atoms. The Morgan fingerprint density at radius 1 is 1.23 bits per heavy atom. The Balaban J connectivity index is 1.88. The standard InChI is InChI=1S/C17H21NO3S/c1-12(16-5-4-10-22-16)18-17(19)9-7-13-6-8-14(20-2)15(11-13)21-3/h4-6,8,10-12H,7,9H2,1-3H3,(H,18,19). The third kappa shape index (κ3) is 4.24. The third-order valence-electron chi connectivity index (χ3n) is 3.44. The zero-order chi connectivity index (χ0) is 15.9. The molecule has 1 aromatic carbocycles. The van der Waals surface area contributed by atoms with Crippen LogP contribution in [0, 0.1) is 0 Å². The molecule has 0 saturated carbocycles. The molecule has 2 rings (SSSR count). The predicted molar refractivity (Wildman–Crippen MR) is 88.7 cm³/mol. The van der Waals surface area contributed by atoms with E-state index in [1.165, 1.54) is 4.88 Å². The van der Waals surface area contributed by atoms with Crippen molar-refractivity contribution < 1.29 is 14.3 Å². The van der Waals surface area contributed by atoms with Crippen LogP contribution in [0.1, 0.15) is 29.8 Å². The lowest BCUT2D eigenvalue weighted by atomic mass is 10.1. The van der Waals surface area contributed by atoms with E-state index in [1.807, 2.05) is 42.6 Å². The lowest BCUT2D eigenvalue weighted by Crippen LogP contribution is -2.26. The maximum absolute atomic E-state index is 12.0. The zero-order valence-corrected chi connectivity index (χ0v) is 13.9. The van der Waals surface area contributed by atoms with Crippen LogP contribution in [0.2, 0.25) is 0 Å². The van der Waals surface area contributed by atoms with E-state index in [9.17, 15) is 4.79 Å². The summed E-state index contributed by atoms with van der Waals surface area (Å²) in [6.45, 7) is 2.00. The van der Waals surface area contributed by atoms with Gasteiger partial charge in [0, 0.05) is 11.3 Å². The minimum Gasteiger partial charge on any atom is -0.493 e. The molecule has 0 aliphatic carbocycles. The number of hydrogen-bond donors (Lipinski definition) is 1. The third-order valence-corrected chi connectivity index (χ3v) is 4.49. The number of amides is 1. The molecule has 1 N–H and O–H groups in total. The van der Waals surface area contributed by atoms with Crippen LogP contribution >= 0.6 is 11.3 Å². The maximum atomic E-state index is 12.0. The maximum Gasteiger partial charge on any atom is 0.220 e. The van der Waals surface area contributed by atoms with Crippen molar-refractivity contribution in [1.82, 2.24) is 5.32 Å². The van der Waals surface area contributed by atoms with Gasteiger partial charge in [0.25, 0.3) is 0 Å². The Kier molecular flexibility index (Phi) is 5.83. The van der Waals surface area contributed by atoms with Crippen molar-refractivity contribution >= 4 is 17.2 Å². The fourth-order valence-corrected chi connectivity index (χ4v) is 2.95. The number of thiophene rings is 1. The highest BCUT2D eigenvalue weighted by atomic mass is 32.1. The van der Waals surface area contributed by atoms with Crippen LogP contribution in [-0.2, 0) is 11.2 Å². The van der Waals surface area contributed by atoms with Gasteiger partial charge in [0.15, 0.2) is 11.5 Å². The van der Waals surface area contributed by atoms with E-state index in [2.05, 4.69) is 5.32 Å². The molecule has 0 saturated heterocycles. The van der Waals surface area contributed by atoms with Gasteiger partial charge in [0.2, 0.25) is 5.91 Å². The quantitative estimate of drug-likeness (QED) is 0.848. The summed E-state index contributed by atoms with van der Waals surface area (Å²) in [5.41, 5.74) is 1.05. The second-order valence-electron chi connectivity index (χ2n) is 4.99. The highest BCUT2D eigenvalue weighted by Gasteiger charge is 2.11. The number of benzene rings is 1. The van der Waals surface area contributed by atoms with Crippen molar-refractivity contribution in [3.8, 4) is 11.5 Å². The average Bonchev–Trinajstić information content (AvgIpc) is 3.07. The van der Waals surface area contributed by atoms with Crippen LogP contribution < -0.4 is 14.8 Å². The second-order valence-corrected chi connectivity index (χ2v) is 5.97. The molecular formula is C17H21NO3S. The van der Waals surface area contributed by atoms with E-state index in [1.54, 1.807) is 25.6 Å². The molecule has 118 valence electrons. The van der Waals surface area contributed by atoms with Gasteiger partial charge in [-0.25, -0.2) is 0 Å². The summed E-state index contributed by atoms with van der Waals surface area (Å²) < 4.78 is 10.5. The minimum atomic E-state index is 0.0516. The lowest BCUT2D eigenvalue weighted by Gasteiger charge is -2.13. The molecule has 0 bridgehead atoms. The van der Waals surface area contributed by atoms with Crippen molar-refractivity contribution in [2.75, 3.05) is 14.2 Å². The highest BCUT2D eigenvalue weighted by molar-refractivity contribution is 7.10. The van der Waals surface area contributed by atoms with E-state index in [0.29, 0.717) is 24.3 Å². The number of carbonyl (C=O) groups excluding carboxylic acids is 1. The van der Waals surface area contributed by atoms with Gasteiger partial charge in [-0.1, -0.05) is 12.1 Å².